The third kappa shape index (κ3) is 4.92. The van der Waals surface area contributed by atoms with Crippen molar-refractivity contribution in [3.63, 3.8) is 0 Å². The summed E-state index contributed by atoms with van der Waals surface area (Å²) in [4.78, 5) is 0. The summed E-state index contributed by atoms with van der Waals surface area (Å²) in [7, 11) is 1.52. The largest absolute Gasteiger partial charge is 0.496 e. The number of aromatic nitrogens is 3. The number of nitrogens with one attached hydrogen (secondary N) is 1. The van der Waals surface area contributed by atoms with Gasteiger partial charge in [-0.15, -0.1) is 0 Å². The number of halogens is 4. The first-order valence-corrected chi connectivity index (χ1v) is 9.30. The summed E-state index contributed by atoms with van der Waals surface area (Å²) in [5, 5.41) is 10.5. The van der Waals surface area contributed by atoms with Gasteiger partial charge in [0.15, 0.2) is 5.75 Å². The molecule has 1 heterocycles. The second kappa shape index (κ2) is 9.34. The molecule has 2 aromatic carbocycles. The molecule has 1 aromatic heterocycles. The molecular weight excluding hydrogens is 445 g/mol. The predicted molar refractivity (Wildman–Crippen MR) is 109 cm³/mol. The lowest BCUT2D eigenvalue weighted by atomic mass is 10.1. The summed E-state index contributed by atoms with van der Waals surface area (Å²) in [6.45, 7) is 0.113. The van der Waals surface area contributed by atoms with Crippen LogP contribution in [-0.2, 0) is 6.61 Å². The Morgan fingerprint density at radius 2 is 2.00 bits per heavy atom. The molecule has 0 atom stereocenters. The number of H-pyrrole nitrogens is 1. The Morgan fingerprint density at radius 1 is 1.28 bits per heavy atom. The summed E-state index contributed by atoms with van der Waals surface area (Å²) >= 11 is 17.2. The monoisotopic (exact) mass is 458 g/mol. The molecule has 0 aliphatic heterocycles. The molecule has 0 aliphatic rings. The fraction of sp³-hybridized carbons (Fsp3) is 0.167. The van der Waals surface area contributed by atoms with Gasteiger partial charge in [-0.1, -0.05) is 29.3 Å². The van der Waals surface area contributed by atoms with Gasteiger partial charge in [0.2, 0.25) is 10.6 Å². The van der Waals surface area contributed by atoms with Gasteiger partial charge in [0.1, 0.15) is 12.4 Å². The number of alkyl halides is 2. The van der Waals surface area contributed by atoms with Crippen LogP contribution < -0.4 is 9.47 Å². The fourth-order valence-electron chi connectivity index (χ4n) is 2.44. The molecule has 0 amide bonds. The van der Waals surface area contributed by atoms with Crippen LogP contribution in [0.15, 0.2) is 41.5 Å². The molecule has 0 aliphatic carbocycles. The Labute approximate surface area is 179 Å². The number of nitrogens with zero attached hydrogens (tertiary/aromatic N) is 3. The van der Waals surface area contributed by atoms with Crippen molar-refractivity contribution in [1.82, 2.24) is 14.9 Å². The van der Waals surface area contributed by atoms with E-state index >= 15 is 0 Å². The summed E-state index contributed by atoms with van der Waals surface area (Å²) in [5.41, 5.74) is 1.29. The van der Waals surface area contributed by atoms with E-state index in [0.717, 1.165) is 4.68 Å². The first-order chi connectivity index (χ1) is 13.9. The number of benzene rings is 2. The summed E-state index contributed by atoms with van der Waals surface area (Å²) in [6.07, 6.45) is -1.44. The van der Waals surface area contributed by atoms with E-state index in [1.54, 1.807) is 36.4 Å². The Balaban J connectivity index is 1.86. The zero-order valence-electron chi connectivity index (χ0n) is 14.9. The van der Waals surface area contributed by atoms with Gasteiger partial charge in [0.05, 0.1) is 23.4 Å². The zero-order valence-corrected chi connectivity index (χ0v) is 17.2. The maximum Gasteiger partial charge on any atom is 0.299 e. The molecule has 3 aromatic rings. The van der Waals surface area contributed by atoms with Crippen LogP contribution in [-0.4, -0.2) is 28.2 Å². The SMILES string of the molecule is COc1ccc(C=Nn2c(C(F)F)n[nH]c2=S)cc1COc1c(Cl)cccc1Cl. The van der Waals surface area contributed by atoms with Crippen LogP contribution in [0.25, 0.3) is 0 Å². The lowest BCUT2D eigenvalue weighted by molar-refractivity contribution is 0.136. The quantitative estimate of drug-likeness (QED) is 0.366. The van der Waals surface area contributed by atoms with Crippen LogP contribution in [0.2, 0.25) is 10.0 Å². The van der Waals surface area contributed by atoms with Crippen LogP contribution in [0, 0.1) is 4.77 Å². The average Bonchev–Trinajstić information content (AvgIpc) is 3.07. The van der Waals surface area contributed by atoms with Gasteiger partial charge in [-0.25, -0.2) is 13.9 Å². The summed E-state index contributed by atoms with van der Waals surface area (Å²) in [5.74, 6) is 0.346. The van der Waals surface area contributed by atoms with Crippen LogP contribution in [0.5, 0.6) is 11.5 Å². The third-order valence-electron chi connectivity index (χ3n) is 3.79. The van der Waals surface area contributed by atoms with Gasteiger partial charge in [0, 0.05) is 5.56 Å². The highest BCUT2D eigenvalue weighted by Gasteiger charge is 2.16. The average molecular weight is 459 g/mol. The molecule has 6 nitrogen and oxygen atoms in total. The minimum absolute atomic E-state index is 0.0398. The van der Waals surface area contributed by atoms with E-state index in [2.05, 4.69) is 15.3 Å². The molecule has 1 N–H and O–H groups in total. The zero-order chi connectivity index (χ0) is 21.0. The van der Waals surface area contributed by atoms with Crippen molar-refractivity contribution in [1.29, 1.82) is 0 Å². The van der Waals surface area contributed by atoms with Crippen molar-refractivity contribution in [3.05, 3.63) is 68.2 Å². The number of ether oxygens (including phenoxy) is 2. The maximum atomic E-state index is 13.0. The number of methoxy groups -OCH3 is 1. The molecule has 29 heavy (non-hydrogen) atoms. The van der Waals surface area contributed by atoms with Crippen LogP contribution in [0.1, 0.15) is 23.4 Å². The van der Waals surface area contributed by atoms with Crippen molar-refractivity contribution in [2.24, 2.45) is 5.10 Å². The van der Waals surface area contributed by atoms with E-state index in [0.29, 0.717) is 32.7 Å². The molecule has 0 fully saturated rings. The normalized spacial score (nSPS) is 11.4. The summed E-state index contributed by atoms with van der Waals surface area (Å²) < 4.78 is 37.9. The molecule has 0 bridgehead atoms. The lowest BCUT2D eigenvalue weighted by Crippen LogP contribution is -2.02. The Morgan fingerprint density at radius 3 is 2.66 bits per heavy atom. The number of para-hydroxylation sites is 1. The Bertz CT molecular complexity index is 1080. The van der Waals surface area contributed by atoms with E-state index in [4.69, 9.17) is 44.9 Å². The van der Waals surface area contributed by atoms with Gasteiger partial charge < -0.3 is 9.47 Å². The smallest absolute Gasteiger partial charge is 0.299 e. The van der Waals surface area contributed by atoms with E-state index in [-0.39, 0.29) is 11.4 Å². The van der Waals surface area contributed by atoms with Crippen LogP contribution in [0.4, 0.5) is 8.78 Å². The molecule has 0 spiro atoms. The van der Waals surface area contributed by atoms with E-state index < -0.39 is 12.2 Å². The van der Waals surface area contributed by atoms with Gasteiger partial charge in [0.25, 0.3) is 6.43 Å². The topological polar surface area (TPSA) is 64.4 Å². The summed E-state index contributed by atoms with van der Waals surface area (Å²) in [6, 6.07) is 10.2. The predicted octanol–water partition coefficient (Wildman–Crippen LogP) is 5.65. The number of hydrogen-bond acceptors (Lipinski definition) is 5. The van der Waals surface area contributed by atoms with Gasteiger partial charge in [-0.2, -0.15) is 14.9 Å². The van der Waals surface area contributed by atoms with Crippen LogP contribution in [0.3, 0.4) is 0 Å². The Kier molecular flexibility index (Phi) is 6.83. The van der Waals surface area contributed by atoms with Gasteiger partial charge in [-0.3, -0.25) is 0 Å². The highest BCUT2D eigenvalue weighted by atomic mass is 35.5. The molecule has 11 heteroatoms. The molecule has 0 saturated heterocycles. The van der Waals surface area contributed by atoms with Crippen molar-refractivity contribution in [2.75, 3.05) is 7.11 Å². The molecule has 0 unspecified atom stereocenters. The number of hydrogen-bond donors (Lipinski definition) is 1. The second-order valence-corrected chi connectivity index (χ2v) is 6.86. The third-order valence-corrected chi connectivity index (χ3v) is 4.65. The maximum absolute atomic E-state index is 13.0. The van der Waals surface area contributed by atoms with Crippen molar-refractivity contribution in [3.8, 4) is 11.5 Å². The van der Waals surface area contributed by atoms with Crippen molar-refractivity contribution in [2.45, 2.75) is 13.0 Å². The number of aromatic amines is 1. The fourth-order valence-corrected chi connectivity index (χ4v) is 3.14. The van der Waals surface area contributed by atoms with Crippen LogP contribution >= 0.6 is 35.4 Å². The van der Waals surface area contributed by atoms with Gasteiger partial charge >= 0.3 is 0 Å². The number of rotatable bonds is 7. The standard InChI is InChI=1S/C18H14Cl2F2N4O2S/c1-27-14-6-5-10(8-23-26-17(16(21)22)24-25-18(26)29)7-11(14)9-28-15-12(19)3-2-4-13(15)20/h2-8,16H,9H2,1H3,(H,25,29). The van der Waals surface area contributed by atoms with Crippen molar-refractivity contribution >= 4 is 41.6 Å². The lowest BCUT2D eigenvalue weighted by Gasteiger charge is -2.13. The molecule has 152 valence electrons. The molecular formula is C18H14Cl2F2N4O2S. The highest BCUT2D eigenvalue weighted by molar-refractivity contribution is 7.71. The molecule has 3 rings (SSSR count). The highest BCUT2D eigenvalue weighted by Crippen LogP contribution is 2.33. The van der Waals surface area contributed by atoms with E-state index in [1.165, 1.54) is 13.3 Å². The van der Waals surface area contributed by atoms with Gasteiger partial charge in [-0.05, 0) is 48.1 Å². The minimum Gasteiger partial charge on any atom is -0.496 e. The van der Waals surface area contributed by atoms with E-state index in [1.807, 2.05) is 0 Å². The Hall–Kier alpha value is -2.49. The van der Waals surface area contributed by atoms with Crippen molar-refractivity contribution < 1.29 is 18.3 Å². The minimum atomic E-state index is -2.82. The van der Waals surface area contributed by atoms with E-state index in [9.17, 15) is 8.78 Å². The first kappa shape index (κ1) is 21.2. The molecule has 0 radical (unpaired) electrons. The second-order valence-electron chi connectivity index (χ2n) is 5.65. The first-order valence-electron chi connectivity index (χ1n) is 8.14. The molecule has 0 saturated carbocycles.